The van der Waals surface area contributed by atoms with Crippen LogP contribution in [-0.2, 0) is 4.79 Å². The Kier molecular flexibility index (Phi) is 2.29. The molecule has 0 heterocycles. The predicted octanol–water partition coefficient (Wildman–Crippen LogP) is 1.49. The smallest absolute Gasteiger partial charge is 0.248 e. The van der Waals surface area contributed by atoms with Crippen LogP contribution in [0.1, 0.15) is 11.1 Å². The zero-order chi connectivity index (χ0) is 9.14. The van der Waals surface area contributed by atoms with E-state index in [1.807, 2.05) is 31.2 Å². The molecule has 1 amide bonds. The molecule has 1 aromatic rings. The standard InChI is InChI=1S/C10H11NO/c1-7-5-3-4-6-9(7)8(2)10(11)12/h3-6H,2H2,1H3,(H2,11,12). The molecule has 2 N–H and O–H groups in total. The minimum atomic E-state index is -0.468. The van der Waals surface area contributed by atoms with Crippen molar-refractivity contribution in [3.8, 4) is 0 Å². The maximum atomic E-state index is 10.8. The first-order valence-electron chi connectivity index (χ1n) is 3.67. The Balaban J connectivity index is 3.11. The van der Waals surface area contributed by atoms with Gasteiger partial charge in [-0.05, 0) is 18.1 Å². The van der Waals surface area contributed by atoms with Gasteiger partial charge in [-0.2, -0.15) is 0 Å². The van der Waals surface area contributed by atoms with Gasteiger partial charge in [-0.1, -0.05) is 30.8 Å². The maximum Gasteiger partial charge on any atom is 0.248 e. The van der Waals surface area contributed by atoms with Crippen molar-refractivity contribution in [2.24, 2.45) is 5.73 Å². The van der Waals surface area contributed by atoms with Crippen LogP contribution in [0.5, 0.6) is 0 Å². The summed E-state index contributed by atoms with van der Waals surface area (Å²) in [6.45, 7) is 5.53. The summed E-state index contributed by atoms with van der Waals surface area (Å²) in [6.07, 6.45) is 0. The lowest BCUT2D eigenvalue weighted by Crippen LogP contribution is -2.12. The van der Waals surface area contributed by atoms with Crippen LogP contribution in [0.25, 0.3) is 5.57 Å². The molecule has 0 aliphatic heterocycles. The third-order valence-corrected chi connectivity index (χ3v) is 1.77. The Morgan fingerprint density at radius 2 is 2.00 bits per heavy atom. The molecule has 0 spiro atoms. The van der Waals surface area contributed by atoms with E-state index in [4.69, 9.17) is 5.73 Å². The number of rotatable bonds is 2. The molecule has 2 nitrogen and oxygen atoms in total. The Labute approximate surface area is 71.7 Å². The van der Waals surface area contributed by atoms with E-state index in [9.17, 15) is 4.79 Å². The van der Waals surface area contributed by atoms with Gasteiger partial charge < -0.3 is 5.73 Å². The first-order chi connectivity index (χ1) is 5.63. The fraction of sp³-hybridized carbons (Fsp3) is 0.100. The second-order valence-electron chi connectivity index (χ2n) is 2.66. The van der Waals surface area contributed by atoms with Gasteiger partial charge in [0.1, 0.15) is 0 Å². The summed E-state index contributed by atoms with van der Waals surface area (Å²) < 4.78 is 0. The molecule has 1 rings (SSSR count). The van der Waals surface area contributed by atoms with Crippen LogP contribution in [0.4, 0.5) is 0 Å². The lowest BCUT2D eigenvalue weighted by molar-refractivity contribution is -0.112. The monoisotopic (exact) mass is 161 g/mol. The highest BCUT2D eigenvalue weighted by Gasteiger charge is 2.06. The second-order valence-corrected chi connectivity index (χ2v) is 2.66. The van der Waals surface area contributed by atoms with Crippen LogP contribution in [0.2, 0.25) is 0 Å². The van der Waals surface area contributed by atoms with E-state index < -0.39 is 5.91 Å². The zero-order valence-corrected chi connectivity index (χ0v) is 7.00. The summed E-state index contributed by atoms with van der Waals surface area (Å²) in [5.41, 5.74) is 7.31. The van der Waals surface area contributed by atoms with Crippen LogP contribution in [0.15, 0.2) is 30.8 Å². The van der Waals surface area contributed by atoms with E-state index in [-0.39, 0.29) is 0 Å². The maximum absolute atomic E-state index is 10.8. The number of carbonyl (C=O) groups is 1. The van der Waals surface area contributed by atoms with Crippen LogP contribution >= 0.6 is 0 Å². The largest absolute Gasteiger partial charge is 0.366 e. The van der Waals surface area contributed by atoms with E-state index in [1.165, 1.54) is 0 Å². The first-order valence-corrected chi connectivity index (χ1v) is 3.67. The van der Waals surface area contributed by atoms with Crippen molar-refractivity contribution >= 4 is 11.5 Å². The van der Waals surface area contributed by atoms with E-state index >= 15 is 0 Å². The van der Waals surface area contributed by atoms with Gasteiger partial charge in [-0.25, -0.2) is 0 Å². The van der Waals surface area contributed by atoms with Gasteiger partial charge in [0.05, 0.1) is 0 Å². The fourth-order valence-electron chi connectivity index (χ4n) is 1.04. The number of hydrogen-bond acceptors (Lipinski definition) is 1. The summed E-state index contributed by atoms with van der Waals surface area (Å²) in [7, 11) is 0. The number of nitrogens with two attached hydrogens (primary N) is 1. The predicted molar refractivity (Wildman–Crippen MR) is 49.4 cm³/mol. The van der Waals surface area contributed by atoms with Gasteiger partial charge >= 0.3 is 0 Å². The lowest BCUT2D eigenvalue weighted by atomic mass is 10.0. The number of benzene rings is 1. The summed E-state index contributed by atoms with van der Waals surface area (Å²) in [6, 6.07) is 7.52. The third-order valence-electron chi connectivity index (χ3n) is 1.77. The molecule has 0 atom stereocenters. The van der Waals surface area contributed by atoms with Gasteiger partial charge in [0.2, 0.25) is 5.91 Å². The summed E-state index contributed by atoms with van der Waals surface area (Å²) in [5.74, 6) is -0.468. The Bertz CT molecular complexity index is 328. The average molecular weight is 161 g/mol. The second kappa shape index (κ2) is 3.22. The molecule has 0 unspecified atom stereocenters. The molecule has 12 heavy (non-hydrogen) atoms. The van der Waals surface area contributed by atoms with Crippen molar-refractivity contribution in [1.82, 2.24) is 0 Å². The summed E-state index contributed by atoms with van der Waals surface area (Å²) in [5, 5.41) is 0. The van der Waals surface area contributed by atoms with Gasteiger partial charge in [0, 0.05) is 5.57 Å². The third kappa shape index (κ3) is 1.53. The molecule has 0 fully saturated rings. The summed E-state index contributed by atoms with van der Waals surface area (Å²) >= 11 is 0. The minimum absolute atomic E-state index is 0.369. The average Bonchev–Trinajstić information content (AvgIpc) is 2.04. The van der Waals surface area contributed by atoms with Gasteiger partial charge in [-0.3, -0.25) is 4.79 Å². The molecular formula is C10H11NO. The fourth-order valence-corrected chi connectivity index (χ4v) is 1.04. The van der Waals surface area contributed by atoms with Crippen molar-refractivity contribution in [3.63, 3.8) is 0 Å². The van der Waals surface area contributed by atoms with E-state index in [1.54, 1.807) is 0 Å². The Morgan fingerprint density at radius 1 is 1.42 bits per heavy atom. The van der Waals surface area contributed by atoms with Crippen molar-refractivity contribution < 1.29 is 4.79 Å². The molecule has 0 aliphatic rings. The highest BCUT2D eigenvalue weighted by molar-refractivity contribution is 6.18. The molecule has 0 bridgehead atoms. The van der Waals surface area contributed by atoms with Crippen molar-refractivity contribution in [2.75, 3.05) is 0 Å². The molecule has 62 valence electrons. The number of amides is 1. The van der Waals surface area contributed by atoms with Crippen molar-refractivity contribution in [1.29, 1.82) is 0 Å². The molecule has 0 radical (unpaired) electrons. The number of primary amides is 1. The Morgan fingerprint density at radius 3 is 2.50 bits per heavy atom. The quantitative estimate of drug-likeness (QED) is 0.656. The number of carbonyl (C=O) groups excluding carboxylic acids is 1. The van der Waals surface area contributed by atoms with Crippen molar-refractivity contribution in [2.45, 2.75) is 6.92 Å². The highest BCUT2D eigenvalue weighted by atomic mass is 16.1. The van der Waals surface area contributed by atoms with Crippen LogP contribution in [0, 0.1) is 6.92 Å². The topological polar surface area (TPSA) is 43.1 Å². The van der Waals surface area contributed by atoms with Gasteiger partial charge in [0.25, 0.3) is 0 Å². The molecule has 0 aromatic heterocycles. The zero-order valence-electron chi connectivity index (χ0n) is 7.00. The Hall–Kier alpha value is -1.57. The van der Waals surface area contributed by atoms with E-state index in [0.717, 1.165) is 11.1 Å². The molecule has 0 saturated heterocycles. The lowest BCUT2D eigenvalue weighted by Gasteiger charge is -2.04. The number of aryl methyl sites for hydroxylation is 1. The van der Waals surface area contributed by atoms with Crippen molar-refractivity contribution in [3.05, 3.63) is 42.0 Å². The van der Waals surface area contributed by atoms with E-state index in [0.29, 0.717) is 5.57 Å². The minimum Gasteiger partial charge on any atom is -0.366 e. The van der Waals surface area contributed by atoms with Gasteiger partial charge in [-0.15, -0.1) is 0 Å². The van der Waals surface area contributed by atoms with Crippen LogP contribution in [-0.4, -0.2) is 5.91 Å². The molecule has 1 aromatic carbocycles. The van der Waals surface area contributed by atoms with E-state index in [2.05, 4.69) is 6.58 Å². The highest BCUT2D eigenvalue weighted by Crippen LogP contribution is 2.15. The van der Waals surface area contributed by atoms with Gasteiger partial charge in [0.15, 0.2) is 0 Å². The molecule has 0 saturated carbocycles. The normalized spacial score (nSPS) is 9.42. The first kappa shape index (κ1) is 8.53. The molecular weight excluding hydrogens is 150 g/mol. The summed E-state index contributed by atoms with van der Waals surface area (Å²) in [4.78, 5) is 10.8. The molecule has 2 heteroatoms. The molecule has 0 aliphatic carbocycles. The van der Waals surface area contributed by atoms with Crippen LogP contribution < -0.4 is 5.73 Å². The SMILES string of the molecule is C=C(C(N)=O)c1ccccc1C. The van der Waals surface area contributed by atoms with Crippen LogP contribution in [0.3, 0.4) is 0 Å². The number of hydrogen-bond donors (Lipinski definition) is 1.